The van der Waals surface area contributed by atoms with Gasteiger partial charge in [-0.2, -0.15) is 0 Å². The van der Waals surface area contributed by atoms with Gasteiger partial charge in [-0.1, -0.05) is 24.3 Å². The molecule has 2 aliphatic rings. The molecule has 1 N–H and O–H groups in total. The van der Waals surface area contributed by atoms with Crippen LogP contribution in [-0.4, -0.2) is 60.9 Å². The average molecular weight is 472 g/mol. The number of nitrogens with one attached hydrogen (secondary N) is 1. The number of amides is 1. The Bertz CT molecular complexity index is 1350. The lowest BCUT2D eigenvalue weighted by Gasteiger charge is -2.18. The minimum Gasteiger partial charge on any atom is -0.452 e. The van der Waals surface area contributed by atoms with Gasteiger partial charge in [0.2, 0.25) is 5.78 Å². The second-order valence-electron chi connectivity index (χ2n) is 7.59. The number of fused-ring (bicyclic) bond motifs is 2. The molecule has 1 heterocycles. The van der Waals surface area contributed by atoms with Gasteiger partial charge in [0.15, 0.2) is 22.2 Å². The first-order valence-electron chi connectivity index (χ1n) is 9.76. The second kappa shape index (κ2) is 8.20. The molecule has 4 rings (SSSR count). The molecule has 170 valence electrons. The number of carbonyl (C=O) groups excluding carboxylic acids is 4. The summed E-state index contributed by atoms with van der Waals surface area (Å²) in [5, 5.41) is 14.2. The number of hydrogen-bond acceptors (Lipinski definition) is 9. The van der Waals surface area contributed by atoms with E-state index in [9.17, 15) is 37.7 Å². The maximum atomic E-state index is 12.9. The third-order valence-corrected chi connectivity index (χ3v) is 7.17. The quantitative estimate of drug-likeness (QED) is 0.321. The number of carbonyl (C=O) groups is 4. The summed E-state index contributed by atoms with van der Waals surface area (Å²) in [5.41, 5.74) is -2.11. The lowest BCUT2D eigenvalue weighted by atomic mass is 9.82. The molecular weight excluding hydrogens is 456 g/mol. The topological polar surface area (TPSA) is 167 Å². The van der Waals surface area contributed by atoms with Crippen molar-refractivity contribution in [2.45, 2.75) is 12.5 Å². The van der Waals surface area contributed by atoms with Gasteiger partial charge >= 0.3 is 5.97 Å². The smallest absolute Gasteiger partial charge is 0.345 e. The van der Waals surface area contributed by atoms with Gasteiger partial charge in [-0.15, -0.1) is 0 Å². The van der Waals surface area contributed by atoms with Gasteiger partial charge in [-0.25, -0.2) is 13.2 Å². The molecule has 1 aliphatic heterocycles. The number of benzene rings is 2. The summed E-state index contributed by atoms with van der Waals surface area (Å²) < 4.78 is 27.8. The molecule has 0 saturated carbocycles. The molecule has 1 saturated heterocycles. The van der Waals surface area contributed by atoms with Crippen molar-refractivity contribution in [2.24, 2.45) is 0 Å². The molecule has 1 fully saturated rings. The Balaban J connectivity index is 1.58. The van der Waals surface area contributed by atoms with Crippen LogP contribution in [0.2, 0.25) is 0 Å². The van der Waals surface area contributed by atoms with Crippen LogP contribution in [0.25, 0.3) is 0 Å². The van der Waals surface area contributed by atoms with Crippen LogP contribution in [-0.2, 0) is 19.4 Å². The number of nitrogens with zero attached hydrogens (tertiary/aromatic N) is 1. The Morgan fingerprint density at radius 2 is 1.73 bits per heavy atom. The third kappa shape index (κ3) is 4.12. The molecule has 2 aromatic carbocycles. The average Bonchev–Trinajstić information content (AvgIpc) is 3.12. The zero-order valence-corrected chi connectivity index (χ0v) is 17.7. The van der Waals surface area contributed by atoms with Gasteiger partial charge in [0.05, 0.1) is 16.4 Å². The van der Waals surface area contributed by atoms with Crippen molar-refractivity contribution in [2.75, 3.05) is 18.1 Å². The largest absolute Gasteiger partial charge is 0.452 e. The van der Waals surface area contributed by atoms with E-state index in [2.05, 4.69) is 5.32 Å². The first kappa shape index (κ1) is 22.3. The molecular formula is C21H16N2O9S. The summed E-state index contributed by atoms with van der Waals surface area (Å²) in [6, 6.07) is 7.39. The van der Waals surface area contributed by atoms with Crippen LogP contribution < -0.4 is 5.32 Å². The third-order valence-electron chi connectivity index (χ3n) is 5.40. The van der Waals surface area contributed by atoms with E-state index in [0.29, 0.717) is 0 Å². The summed E-state index contributed by atoms with van der Waals surface area (Å²) in [4.78, 5) is 61.1. The van der Waals surface area contributed by atoms with Gasteiger partial charge in [0.25, 0.3) is 11.6 Å². The van der Waals surface area contributed by atoms with Gasteiger partial charge < -0.3 is 10.1 Å². The molecule has 12 heteroatoms. The predicted octanol–water partition coefficient (Wildman–Crippen LogP) is 0.830. The second-order valence-corrected chi connectivity index (χ2v) is 9.82. The van der Waals surface area contributed by atoms with Crippen molar-refractivity contribution in [1.82, 2.24) is 5.32 Å². The molecule has 0 unspecified atom stereocenters. The normalized spacial score (nSPS) is 18.2. The summed E-state index contributed by atoms with van der Waals surface area (Å²) >= 11 is 0. The predicted molar refractivity (Wildman–Crippen MR) is 112 cm³/mol. The van der Waals surface area contributed by atoms with Crippen molar-refractivity contribution in [3.05, 3.63) is 74.3 Å². The molecule has 2 aromatic rings. The van der Waals surface area contributed by atoms with Crippen molar-refractivity contribution in [1.29, 1.82) is 0 Å². The van der Waals surface area contributed by atoms with Crippen LogP contribution in [0.5, 0.6) is 0 Å². The molecule has 0 bridgehead atoms. The van der Waals surface area contributed by atoms with E-state index in [4.69, 9.17) is 4.74 Å². The van der Waals surface area contributed by atoms with Gasteiger partial charge in [0, 0.05) is 22.7 Å². The molecule has 1 amide bonds. The number of ether oxygens (including phenoxy) is 1. The van der Waals surface area contributed by atoms with Crippen molar-refractivity contribution in [3.63, 3.8) is 0 Å². The van der Waals surface area contributed by atoms with E-state index < -0.39 is 67.7 Å². The molecule has 0 aromatic heterocycles. The molecule has 33 heavy (non-hydrogen) atoms. The van der Waals surface area contributed by atoms with Crippen LogP contribution in [0.15, 0.2) is 36.4 Å². The highest BCUT2D eigenvalue weighted by Crippen LogP contribution is 2.35. The van der Waals surface area contributed by atoms with Crippen LogP contribution in [0, 0.1) is 10.1 Å². The van der Waals surface area contributed by atoms with E-state index in [1.54, 1.807) is 6.07 Å². The molecule has 1 aliphatic carbocycles. The van der Waals surface area contributed by atoms with E-state index >= 15 is 0 Å². The first-order valence-corrected chi connectivity index (χ1v) is 11.6. The monoisotopic (exact) mass is 472 g/mol. The maximum absolute atomic E-state index is 12.9. The van der Waals surface area contributed by atoms with Crippen molar-refractivity contribution >= 4 is 39.0 Å². The standard InChI is InChI=1S/C21H16N2O9S/c24-16(22-11-7-8-33(30,31)10-11)9-32-21(27)15-6-5-14-17(18(15)23(28)29)20(26)13-4-2-1-3-12(13)19(14)25/h1-6,11H,7-10H2,(H,22,24)/t11-/m1/s1. The molecule has 0 spiro atoms. The van der Waals surface area contributed by atoms with Gasteiger partial charge in [-0.05, 0) is 18.6 Å². The Morgan fingerprint density at radius 1 is 1.06 bits per heavy atom. The van der Waals surface area contributed by atoms with Crippen LogP contribution in [0.4, 0.5) is 5.69 Å². The van der Waals surface area contributed by atoms with Crippen LogP contribution in [0.1, 0.15) is 48.6 Å². The Kier molecular flexibility index (Phi) is 5.54. The Morgan fingerprint density at radius 3 is 2.33 bits per heavy atom. The zero-order valence-electron chi connectivity index (χ0n) is 16.9. The number of sulfone groups is 1. The van der Waals surface area contributed by atoms with E-state index in [-0.39, 0.29) is 34.6 Å². The fourth-order valence-electron chi connectivity index (χ4n) is 3.91. The minimum atomic E-state index is -3.23. The van der Waals surface area contributed by atoms with E-state index in [1.165, 1.54) is 18.2 Å². The molecule has 0 radical (unpaired) electrons. The number of rotatable bonds is 5. The SMILES string of the molecule is O=C(COC(=O)c1ccc2c(c1[N+](=O)[O-])C(=O)c1ccccc1C2=O)N[C@@H]1CCS(=O)(=O)C1. The number of nitro benzene ring substituents is 1. The van der Waals surface area contributed by atoms with E-state index in [1.807, 2.05) is 0 Å². The first-order chi connectivity index (χ1) is 15.6. The summed E-state index contributed by atoms with van der Waals surface area (Å²) in [5.74, 6) is -3.66. The summed E-state index contributed by atoms with van der Waals surface area (Å²) in [7, 11) is -3.23. The minimum absolute atomic E-state index is 0.0190. The Labute approximate surface area is 186 Å². The Hall–Kier alpha value is -3.93. The lowest BCUT2D eigenvalue weighted by Crippen LogP contribution is -2.38. The summed E-state index contributed by atoms with van der Waals surface area (Å²) in [6.45, 7) is -0.806. The number of hydrogen-bond donors (Lipinski definition) is 1. The fourth-order valence-corrected chi connectivity index (χ4v) is 5.58. The fraction of sp³-hybridized carbons (Fsp3) is 0.238. The van der Waals surface area contributed by atoms with Crippen LogP contribution >= 0.6 is 0 Å². The highest BCUT2D eigenvalue weighted by Gasteiger charge is 2.39. The number of nitro groups is 1. The summed E-state index contributed by atoms with van der Waals surface area (Å²) in [6.07, 6.45) is 0.232. The van der Waals surface area contributed by atoms with Gasteiger partial charge in [-0.3, -0.25) is 24.5 Å². The number of esters is 1. The van der Waals surface area contributed by atoms with Gasteiger partial charge in [0.1, 0.15) is 11.1 Å². The molecule has 11 nitrogen and oxygen atoms in total. The lowest BCUT2D eigenvalue weighted by molar-refractivity contribution is -0.385. The van der Waals surface area contributed by atoms with Crippen molar-refractivity contribution < 1.29 is 37.3 Å². The number of ketones is 2. The maximum Gasteiger partial charge on any atom is 0.345 e. The highest BCUT2D eigenvalue weighted by molar-refractivity contribution is 7.91. The molecule has 1 atom stereocenters. The van der Waals surface area contributed by atoms with Crippen LogP contribution in [0.3, 0.4) is 0 Å². The highest BCUT2D eigenvalue weighted by atomic mass is 32.2. The zero-order chi connectivity index (χ0) is 23.9. The van der Waals surface area contributed by atoms with E-state index in [0.717, 1.165) is 12.1 Å². The van der Waals surface area contributed by atoms with Crippen molar-refractivity contribution in [3.8, 4) is 0 Å².